The molecule has 19 heavy (non-hydrogen) atoms. The van der Waals surface area contributed by atoms with Crippen molar-refractivity contribution in [2.45, 2.75) is 0 Å². The molecule has 2 aromatic heterocycles. The van der Waals surface area contributed by atoms with E-state index in [0.717, 1.165) is 5.56 Å². The zero-order valence-corrected chi connectivity index (χ0v) is 10.4. The van der Waals surface area contributed by atoms with E-state index in [1.165, 1.54) is 17.6 Å². The second kappa shape index (κ2) is 4.99. The second-order valence-electron chi connectivity index (χ2n) is 3.55. The fourth-order valence-corrected chi connectivity index (χ4v) is 1.85. The molecule has 0 saturated heterocycles. The predicted octanol–water partition coefficient (Wildman–Crippen LogP) is 2.65. The van der Waals surface area contributed by atoms with Gasteiger partial charge in [-0.1, -0.05) is 29.5 Å². The van der Waals surface area contributed by atoms with Crippen LogP contribution in [0.3, 0.4) is 0 Å². The molecule has 0 unspecified atom stereocenters. The van der Waals surface area contributed by atoms with Crippen LogP contribution in [0, 0.1) is 0 Å². The monoisotopic (exact) mass is 272 g/mol. The molecule has 0 radical (unpaired) electrons. The van der Waals surface area contributed by atoms with Gasteiger partial charge in [-0.25, -0.2) is 9.98 Å². The molecule has 6 nitrogen and oxygen atoms in total. The van der Waals surface area contributed by atoms with Crippen molar-refractivity contribution in [1.82, 2.24) is 15.2 Å². The van der Waals surface area contributed by atoms with Crippen LogP contribution in [0.5, 0.6) is 5.95 Å². The van der Waals surface area contributed by atoms with Crippen molar-refractivity contribution in [3.8, 4) is 17.4 Å². The maximum atomic E-state index is 9.67. The summed E-state index contributed by atoms with van der Waals surface area (Å²) < 4.78 is 5.19. The van der Waals surface area contributed by atoms with E-state index in [9.17, 15) is 5.11 Å². The number of nitrogens with zero attached hydrogens (tertiary/aromatic N) is 4. The number of aromatic hydroxyl groups is 1. The van der Waals surface area contributed by atoms with Gasteiger partial charge in [-0.05, 0) is 12.1 Å². The average Bonchev–Trinajstić information content (AvgIpc) is 3.07. The third-order valence-corrected chi connectivity index (χ3v) is 2.90. The molecule has 0 spiro atoms. The highest BCUT2D eigenvalue weighted by Gasteiger charge is 2.11. The van der Waals surface area contributed by atoms with Crippen molar-refractivity contribution in [2.24, 2.45) is 4.99 Å². The van der Waals surface area contributed by atoms with Crippen LogP contribution >= 0.6 is 11.3 Å². The molecule has 0 atom stereocenters. The van der Waals surface area contributed by atoms with Crippen molar-refractivity contribution in [2.75, 3.05) is 0 Å². The second-order valence-corrected chi connectivity index (χ2v) is 4.37. The lowest BCUT2D eigenvalue weighted by Gasteiger charge is -1.91. The van der Waals surface area contributed by atoms with E-state index in [1.807, 2.05) is 30.3 Å². The summed E-state index contributed by atoms with van der Waals surface area (Å²) >= 11 is 1.29. The van der Waals surface area contributed by atoms with E-state index in [2.05, 4.69) is 20.2 Å². The Morgan fingerprint density at radius 2 is 2.11 bits per heavy atom. The number of oxazole rings is 1. The first-order valence-electron chi connectivity index (χ1n) is 5.38. The standard InChI is InChI=1S/C12H8N4O2S/c17-11-9(6-13-12-16-14-7-19-12)15-10(18-11)8-4-2-1-3-5-8/h1-7,17H/b13-6+. The van der Waals surface area contributed by atoms with Gasteiger partial charge in [0.2, 0.25) is 11.0 Å². The molecule has 0 amide bonds. The summed E-state index contributed by atoms with van der Waals surface area (Å²) in [5, 5.41) is 17.6. The molecule has 1 aromatic carbocycles. The lowest BCUT2D eigenvalue weighted by Crippen LogP contribution is -1.82. The van der Waals surface area contributed by atoms with Gasteiger partial charge >= 0.3 is 5.95 Å². The number of hydrogen-bond acceptors (Lipinski definition) is 7. The van der Waals surface area contributed by atoms with Gasteiger partial charge in [-0.3, -0.25) is 0 Å². The summed E-state index contributed by atoms with van der Waals surface area (Å²) in [6.45, 7) is 0. The van der Waals surface area contributed by atoms with E-state index >= 15 is 0 Å². The Hall–Kier alpha value is -2.54. The van der Waals surface area contributed by atoms with Gasteiger partial charge in [-0.2, -0.15) is 0 Å². The van der Waals surface area contributed by atoms with Crippen LogP contribution < -0.4 is 0 Å². The first kappa shape index (κ1) is 11.5. The van der Waals surface area contributed by atoms with Gasteiger partial charge in [0.15, 0.2) is 5.69 Å². The maximum absolute atomic E-state index is 9.67. The number of hydrogen-bond donors (Lipinski definition) is 1. The van der Waals surface area contributed by atoms with Crippen LogP contribution in [0.25, 0.3) is 11.5 Å². The van der Waals surface area contributed by atoms with Crippen molar-refractivity contribution in [1.29, 1.82) is 0 Å². The number of aliphatic imine (C=N–C) groups is 1. The molecule has 7 heteroatoms. The molecule has 3 rings (SSSR count). The molecule has 3 aromatic rings. The zero-order chi connectivity index (χ0) is 13.1. The molecule has 0 saturated carbocycles. The van der Waals surface area contributed by atoms with Crippen LogP contribution in [0.2, 0.25) is 0 Å². The van der Waals surface area contributed by atoms with Crippen LogP contribution in [-0.4, -0.2) is 26.5 Å². The molecule has 0 aliphatic rings. The minimum Gasteiger partial charge on any atom is -0.479 e. The van der Waals surface area contributed by atoms with E-state index in [1.54, 1.807) is 5.51 Å². The summed E-state index contributed by atoms with van der Waals surface area (Å²) in [7, 11) is 0. The molecule has 0 bridgehead atoms. The van der Waals surface area contributed by atoms with Crippen LogP contribution in [0.15, 0.2) is 45.3 Å². The molecule has 0 fully saturated rings. The Morgan fingerprint density at radius 3 is 2.84 bits per heavy atom. The van der Waals surface area contributed by atoms with E-state index < -0.39 is 0 Å². The number of benzene rings is 1. The van der Waals surface area contributed by atoms with E-state index in [0.29, 0.717) is 11.0 Å². The summed E-state index contributed by atoms with van der Waals surface area (Å²) in [6.07, 6.45) is 1.39. The minimum absolute atomic E-state index is 0.258. The summed E-state index contributed by atoms with van der Waals surface area (Å²) in [5.41, 5.74) is 2.62. The van der Waals surface area contributed by atoms with E-state index in [4.69, 9.17) is 4.42 Å². The zero-order valence-electron chi connectivity index (χ0n) is 9.59. The normalized spacial score (nSPS) is 11.2. The Balaban J connectivity index is 1.90. The predicted molar refractivity (Wildman–Crippen MR) is 70.8 cm³/mol. The SMILES string of the molecule is Oc1oc(-c2ccccc2)nc1/C=N/c1nncs1. The number of aromatic nitrogens is 3. The van der Waals surface area contributed by atoms with Crippen molar-refractivity contribution >= 4 is 22.7 Å². The maximum Gasteiger partial charge on any atom is 0.312 e. The highest BCUT2D eigenvalue weighted by Crippen LogP contribution is 2.25. The smallest absolute Gasteiger partial charge is 0.312 e. The van der Waals surface area contributed by atoms with Gasteiger partial charge in [0.05, 0.1) is 6.21 Å². The Morgan fingerprint density at radius 1 is 1.26 bits per heavy atom. The molecule has 0 aliphatic heterocycles. The van der Waals surface area contributed by atoms with Crippen LogP contribution in [0.4, 0.5) is 5.13 Å². The first-order valence-corrected chi connectivity index (χ1v) is 6.26. The fraction of sp³-hybridized carbons (Fsp3) is 0. The van der Waals surface area contributed by atoms with Gasteiger partial charge < -0.3 is 9.52 Å². The third kappa shape index (κ3) is 2.50. The lowest BCUT2D eigenvalue weighted by atomic mass is 10.2. The van der Waals surface area contributed by atoms with E-state index in [-0.39, 0.29) is 11.6 Å². The third-order valence-electron chi connectivity index (χ3n) is 2.30. The molecule has 94 valence electrons. The molecule has 2 heterocycles. The first-order chi connectivity index (χ1) is 9.33. The highest BCUT2D eigenvalue weighted by molar-refractivity contribution is 7.13. The molecule has 1 N–H and O–H groups in total. The van der Waals surface area contributed by atoms with Crippen molar-refractivity contribution in [3.05, 3.63) is 41.5 Å². The molecular formula is C12H8N4O2S. The highest BCUT2D eigenvalue weighted by atomic mass is 32.1. The lowest BCUT2D eigenvalue weighted by molar-refractivity contribution is 0.337. The Bertz CT molecular complexity index is 692. The summed E-state index contributed by atoms with van der Waals surface area (Å²) in [5.74, 6) is 0.0731. The van der Waals surface area contributed by atoms with Crippen molar-refractivity contribution in [3.63, 3.8) is 0 Å². The van der Waals surface area contributed by atoms with Gasteiger partial charge in [0, 0.05) is 5.56 Å². The summed E-state index contributed by atoms with van der Waals surface area (Å²) in [6, 6.07) is 9.31. The van der Waals surface area contributed by atoms with Crippen LogP contribution in [-0.2, 0) is 0 Å². The topological polar surface area (TPSA) is 84.4 Å². The molecular weight excluding hydrogens is 264 g/mol. The average molecular weight is 272 g/mol. The van der Waals surface area contributed by atoms with Crippen LogP contribution in [0.1, 0.15) is 5.69 Å². The molecule has 0 aliphatic carbocycles. The Labute approximate surface area is 112 Å². The largest absolute Gasteiger partial charge is 0.479 e. The van der Waals surface area contributed by atoms with Gasteiger partial charge in [-0.15, -0.1) is 10.2 Å². The number of rotatable bonds is 3. The Kier molecular flexibility index (Phi) is 3.03. The van der Waals surface area contributed by atoms with Gasteiger partial charge in [0.1, 0.15) is 5.51 Å². The minimum atomic E-state index is -0.271. The fourth-order valence-electron chi connectivity index (χ4n) is 1.45. The van der Waals surface area contributed by atoms with Gasteiger partial charge in [0.25, 0.3) is 0 Å². The summed E-state index contributed by atoms with van der Waals surface area (Å²) in [4.78, 5) is 8.21. The van der Waals surface area contributed by atoms with Crippen molar-refractivity contribution < 1.29 is 9.52 Å². The quantitative estimate of drug-likeness (QED) is 0.741.